The van der Waals surface area contributed by atoms with Crippen LogP contribution in [0.4, 0.5) is 0 Å². The van der Waals surface area contributed by atoms with E-state index in [2.05, 4.69) is 15.6 Å². The molecule has 1 aromatic heterocycles. The monoisotopic (exact) mass is 222 g/mol. The van der Waals surface area contributed by atoms with Gasteiger partial charge in [0, 0.05) is 31.4 Å². The SMILES string of the molecule is O=C(NCCn1ccnc1)C1CCNCC1. The number of piperidine rings is 1. The van der Waals surface area contributed by atoms with Gasteiger partial charge in [0.05, 0.1) is 6.33 Å². The van der Waals surface area contributed by atoms with E-state index in [-0.39, 0.29) is 11.8 Å². The maximum Gasteiger partial charge on any atom is 0.223 e. The highest BCUT2D eigenvalue weighted by Crippen LogP contribution is 2.10. The average molecular weight is 222 g/mol. The smallest absolute Gasteiger partial charge is 0.223 e. The molecule has 1 fully saturated rings. The first-order valence-electron chi connectivity index (χ1n) is 5.80. The van der Waals surface area contributed by atoms with Gasteiger partial charge in [-0.3, -0.25) is 4.79 Å². The lowest BCUT2D eigenvalue weighted by molar-refractivity contribution is -0.125. The van der Waals surface area contributed by atoms with E-state index >= 15 is 0 Å². The molecule has 1 aromatic rings. The van der Waals surface area contributed by atoms with E-state index in [1.807, 2.05) is 10.8 Å². The van der Waals surface area contributed by atoms with Crippen LogP contribution in [-0.2, 0) is 11.3 Å². The van der Waals surface area contributed by atoms with Crippen LogP contribution in [0, 0.1) is 5.92 Å². The van der Waals surface area contributed by atoms with Crippen molar-refractivity contribution >= 4 is 5.91 Å². The Kier molecular flexibility index (Phi) is 3.93. The molecule has 1 aliphatic rings. The van der Waals surface area contributed by atoms with Crippen LogP contribution in [-0.4, -0.2) is 35.1 Å². The number of nitrogens with zero attached hydrogens (tertiary/aromatic N) is 2. The lowest BCUT2D eigenvalue weighted by Crippen LogP contribution is -2.39. The van der Waals surface area contributed by atoms with Gasteiger partial charge in [0.2, 0.25) is 5.91 Å². The fraction of sp³-hybridized carbons (Fsp3) is 0.636. The number of amides is 1. The first-order valence-corrected chi connectivity index (χ1v) is 5.80. The quantitative estimate of drug-likeness (QED) is 0.754. The van der Waals surface area contributed by atoms with Gasteiger partial charge < -0.3 is 15.2 Å². The van der Waals surface area contributed by atoms with Crippen molar-refractivity contribution in [3.8, 4) is 0 Å². The lowest BCUT2D eigenvalue weighted by Gasteiger charge is -2.21. The van der Waals surface area contributed by atoms with Crippen LogP contribution < -0.4 is 10.6 Å². The van der Waals surface area contributed by atoms with Crippen LogP contribution in [0.5, 0.6) is 0 Å². The van der Waals surface area contributed by atoms with Gasteiger partial charge in [-0.25, -0.2) is 4.98 Å². The first kappa shape index (κ1) is 11.1. The maximum atomic E-state index is 11.8. The highest BCUT2D eigenvalue weighted by molar-refractivity contribution is 5.78. The fourth-order valence-electron chi connectivity index (χ4n) is 1.96. The van der Waals surface area contributed by atoms with Crippen molar-refractivity contribution in [2.45, 2.75) is 19.4 Å². The second-order valence-corrected chi connectivity index (χ2v) is 4.12. The zero-order chi connectivity index (χ0) is 11.2. The Morgan fingerprint density at radius 3 is 3.00 bits per heavy atom. The molecule has 0 spiro atoms. The zero-order valence-corrected chi connectivity index (χ0v) is 9.35. The Morgan fingerprint density at radius 1 is 1.50 bits per heavy atom. The van der Waals surface area contributed by atoms with Gasteiger partial charge in [0.25, 0.3) is 0 Å². The van der Waals surface area contributed by atoms with Gasteiger partial charge in [0.1, 0.15) is 0 Å². The van der Waals surface area contributed by atoms with Crippen molar-refractivity contribution in [2.75, 3.05) is 19.6 Å². The molecule has 0 radical (unpaired) electrons. The van der Waals surface area contributed by atoms with Crippen molar-refractivity contribution in [1.29, 1.82) is 0 Å². The molecular formula is C11H18N4O. The summed E-state index contributed by atoms with van der Waals surface area (Å²) < 4.78 is 1.96. The Bertz CT molecular complexity index is 317. The highest BCUT2D eigenvalue weighted by atomic mass is 16.1. The third-order valence-corrected chi connectivity index (χ3v) is 2.94. The van der Waals surface area contributed by atoms with Crippen molar-refractivity contribution in [1.82, 2.24) is 20.2 Å². The average Bonchev–Trinajstić information content (AvgIpc) is 2.83. The molecule has 1 aliphatic heterocycles. The van der Waals surface area contributed by atoms with E-state index in [0.717, 1.165) is 32.5 Å². The topological polar surface area (TPSA) is 59.0 Å². The molecule has 0 bridgehead atoms. The fourth-order valence-corrected chi connectivity index (χ4v) is 1.96. The zero-order valence-electron chi connectivity index (χ0n) is 9.35. The van der Waals surface area contributed by atoms with Crippen LogP contribution in [0.3, 0.4) is 0 Å². The molecule has 0 unspecified atom stereocenters. The van der Waals surface area contributed by atoms with Gasteiger partial charge in [-0.05, 0) is 25.9 Å². The van der Waals surface area contributed by atoms with Crippen LogP contribution in [0.2, 0.25) is 0 Å². The van der Waals surface area contributed by atoms with Gasteiger partial charge in [-0.15, -0.1) is 0 Å². The molecule has 88 valence electrons. The standard InChI is InChI=1S/C11H18N4O/c16-11(10-1-3-12-4-2-10)14-6-8-15-7-5-13-9-15/h5,7,9-10,12H,1-4,6,8H2,(H,14,16). The largest absolute Gasteiger partial charge is 0.354 e. The summed E-state index contributed by atoms with van der Waals surface area (Å²) in [7, 11) is 0. The van der Waals surface area contributed by atoms with E-state index in [1.165, 1.54) is 0 Å². The minimum absolute atomic E-state index is 0.196. The minimum Gasteiger partial charge on any atom is -0.354 e. The predicted molar refractivity (Wildman–Crippen MR) is 60.8 cm³/mol. The number of aromatic nitrogens is 2. The Labute approximate surface area is 95.2 Å². The molecule has 0 aromatic carbocycles. The van der Waals surface area contributed by atoms with E-state index < -0.39 is 0 Å². The number of nitrogens with one attached hydrogen (secondary N) is 2. The second-order valence-electron chi connectivity index (χ2n) is 4.12. The van der Waals surface area contributed by atoms with E-state index in [0.29, 0.717) is 6.54 Å². The summed E-state index contributed by atoms with van der Waals surface area (Å²) >= 11 is 0. The first-order chi connectivity index (χ1) is 7.86. The summed E-state index contributed by atoms with van der Waals surface area (Å²) in [6, 6.07) is 0. The van der Waals surface area contributed by atoms with Crippen molar-refractivity contribution in [3.63, 3.8) is 0 Å². The van der Waals surface area contributed by atoms with Crippen molar-refractivity contribution in [2.24, 2.45) is 5.92 Å². The van der Waals surface area contributed by atoms with Crippen molar-refractivity contribution < 1.29 is 4.79 Å². The normalized spacial score (nSPS) is 17.2. The van der Waals surface area contributed by atoms with Crippen LogP contribution in [0.1, 0.15) is 12.8 Å². The Balaban J connectivity index is 1.67. The minimum atomic E-state index is 0.196. The Morgan fingerprint density at radius 2 is 2.31 bits per heavy atom. The number of rotatable bonds is 4. The number of hydrogen-bond donors (Lipinski definition) is 2. The predicted octanol–water partition coefficient (Wildman–Crippen LogP) is -0.00110. The molecule has 0 atom stereocenters. The third-order valence-electron chi connectivity index (χ3n) is 2.94. The third kappa shape index (κ3) is 3.06. The molecule has 2 rings (SSSR count). The number of imidazole rings is 1. The summed E-state index contributed by atoms with van der Waals surface area (Å²) in [5, 5.41) is 6.23. The summed E-state index contributed by atoms with van der Waals surface area (Å²) in [5.74, 6) is 0.394. The van der Waals surface area contributed by atoms with Gasteiger partial charge >= 0.3 is 0 Å². The van der Waals surface area contributed by atoms with E-state index in [9.17, 15) is 4.79 Å². The van der Waals surface area contributed by atoms with Crippen LogP contribution >= 0.6 is 0 Å². The summed E-state index contributed by atoms with van der Waals surface area (Å²) in [6.45, 7) is 3.38. The van der Waals surface area contributed by atoms with Gasteiger partial charge in [-0.1, -0.05) is 0 Å². The van der Waals surface area contributed by atoms with Crippen LogP contribution in [0.15, 0.2) is 18.7 Å². The Hall–Kier alpha value is -1.36. The van der Waals surface area contributed by atoms with E-state index in [1.54, 1.807) is 12.5 Å². The number of hydrogen-bond acceptors (Lipinski definition) is 3. The molecule has 5 heteroatoms. The molecule has 2 N–H and O–H groups in total. The van der Waals surface area contributed by atoms with E-state index in [4.69, 9.17) is 0 Å². The summed E-state index contributed by atoms with van der Waals surface area (Å²) in [6.07, 6.45) is 7.32. The molecule has 16 heavy (non-hydrogen) atoms. The van der Waals surface area contributed by atoms with Gasteiger partial charge in [-0.2, -0.15) is 0 Å². The lowest BCUT2D eigenvalue weighted by atomic mass is 9.97. The summed E-state index contributed by atoms with van der Waals surface area (Å²) in [4.78, 5) is 15.7. The van der Waals surface area contributed by atoms with Crippen LogP contribution in [0.25, 0.3) is 0 Å². The summed E-state index contributed by atoms with van der Waals surface area (Å²) in [5.41, 5.74) is 0. The molecule has 5 nitrogen and oxygen atoms in total. The molecule has 0 aliphatic carbocycles. The van der Waals surface area contributed by atoms with Gasteiger partial charge in [0.15, 0.2) is 0 Å². The molecule has 1 amide bonds. The molecule has 0 saturated carbocycles. The highest BCUT2D eigenvalue weighted by Gasteiger charge is 2.19. The molecular weight excluding hydrogens is 204 g/mol. The number of carbonyl (C=O) groups excluding carboxylic acids is 1. The molecule has 2 heterocycles. The number of carbonyl (C=O) groups is 1. The van der Waals surface area contributed by atoms with Crippen molar-refractivity contribution in [3.05, 3.63) is 18.7 Å². The maximum absolute atomic E-state index is 11.8. The second kappa shape index (κ2) is 5.65. The molecule has 1 saturated heterocycles.